The monoisotopic (exact) mass is 461 g/mol. The second-order valence-electron chi connectivity index (χ2n) is 6.67. The summed E-state index contributed by atoms with van der Waals surface area (Å²) in [6.07, 6.45) is -7.43. The van der Waals surface area contributed by atoms with Crippen LogP contribution in [-0.4, -0.2) is 63.6 Å². The van der Waals surface area contributed by atoms with Crippen LogP contribution in [0.5, 0.6) is 5.75 Å². The molecule has 1 unspecified atom stereocenters. The fraction of sp³-hybridized carbons (Fsp3) is 0.389. The predicted octanol–water partition coefficient (Wildman–Crippen LogP) is 0.243. The van der Waals surface area contributed by atoms with E-state index in [0.29, 0.717) is 10.5 Å². The fourth-order valence-electron chi connectivity index (χ4n) is 2.93. The number of amides is 1. The van der Waals surface area contributed by atoms with Crippen LogP contribution in [0.1, 0.15) is 9.68 Å². The van der Waals surface area contributed by atoms with Crippen molar-refractivity contribution < 1.29 is 51.5 Å². The van der Waals surface area contributed by atoms with Gasteiger partial charge in [-0.05, 0) is 6.07 Å². The van der Waals surface area contributed by atoms with Gasteiger partial charge >= 0.3 is 7.82 Å². The molecule has 1 amide bonds. The molecule has 1 saturated heterocycles. The third-order valence-corrected chi connectivity index (χ3v) is 5.76. The lowest BCUT2D eigenvalue weighted by Gasteiger charge is -2.34. The number of hydrogen-bond acceptors (Lipinski definition) is 10. The number of halogens is 1. The van der Waals surface area contributed by atoms with E-state index in [0.717, 1.165) is 6.20 Å². The molecular weight excluding hydrogens is 438 g/mol. The molecule has 3 heterocycles. The highest BCUT2D eigenvalue weighted by molar-refractivity contribution is 7.49. The van der Waals surface area contributed by atoms with Gasteiger partial charge in [0.25, 0.3) is 11.8 Å². The van der Waals surface area contributed by atoms with E-state index >= 15 is 4.39 Å². The van der Waals surface area contributed by atoms with E-state index in [2.05, 4.69) is 11.9 Å². The third kappa shape index (κ3) is 3.99. The zero-order valence-corrected chi connectivity index (χ0v) is 16.6. The number of aliphatic hydroxyl groups is 3. The minimum atomic E-state index is -4.80. The Morgan fingerprint density at radius 2 is 2.23 bits per heavy atom. The van der Waals surface area contributed by atoms with Crippen molar-refractivity contribution in [2.24, 2.45) is 0 Å². The minimum absolute atomic E-state index is 0.0329. The fourth-order valence-corrected chi connectivity index (χ4v) is 4.02. The molecule has 0 spiro atoms. The van der Waals surface area contributed by atoms with Crippen LogP contribution in [0, 0.1) is 0 Å². The lowest BCUT2D eigenvalue weighted by Crippen LogP contribution is -2.48. The number of benzene rings is 1. The van der Waals surface area contributed by atoms with Crippen LogP contribution >= 0.6 is 7.82 Å². The number of phosphoric acid groups is 1. The zero-order valence-electron chi connectivity index (χ0n) is 18.7. The van der Waals surface area contributed by atoms with E-state index in [1.165, 1.54) is 12.1 Å². The molecular formula is C18H20FN2O9P. The van der Waals surface area contributed by atoms with Crippen molar-refractivity contribution in [3.8, 4) is 5.75 Å². The van der Waals surface area contributed by atoms with Gasteiger partial charge in [-0.2, -0.15) is 0 Å². The maximum atomic E-state index is 15.9. The van der Waals surface area contributed by atoms with Crippen molar-refractivity contribution in [2.45, 2.75) is 30.9 Å². The molecule has 3 aliphatic rings. The van der Waals surface area contributed by atoms with E-state index in [9.17, 15) is 24.7 Å². The van der Waals surface area contributed by atoms with Crippen molar-refractivity contribution in [3.05, 3.63) is 54.0 Å². The quantitative estimate of drug-likeness (QED) is 0.450. The summed E-state index contributed by atoms with van der Waals surface area (Å²) in [6.45, 7) is -1.49. The van der Waals surface area contributed by atoms with Gasteiger partial charge in [0.2, 0.25) is 0 Å². The molecule has 3 aliphatic heterocycles. The van der Waals surface area contributed by atoms with Gasteiger partial charge in [-0.1, -0.05) is 24.8 Å². The normalized spacial score (nSPS) is 39.5. The molecule has 1 aromatic carbocycles. The molecule has 11 nitrogen and oxygen atoms in total. The van der Waals surface area contributed by atoms with E-state index < -0.39 is 57.0 Å². The van der Waals surface area contributed by atoms with Crippen LogP contribution in [0.25, 0.3) is 0 Å². The van der Waals surface area contributed by atoms with E-state index in [4.69, 9.17) is 22.4 Å². The van der Waals surface area contributed by atoms with Gasteiger partial charge in [0.1, 0.15) is 30.3 Å². The number of nitrogens with zero attached hydrogens (tertiary/aromatic N) is 1. The molecule has 13 heteroatoms. The summed E-state index contributed by atoms with van der Waals surface area (Å²) in [7, 11) is -4.80. The Bertz CT molecular complexity index is 1120. The number of para-hydroxylation sites is 1. The first-order valence-corrected chi connectivity index (χ1v) is 10.3. The lowest BCUT2D eigenvalue weighted by atomic mass is 10.1. The number of rotatable bonds is 5. The van der Waals surface area contributed by atoms with Gasteiger partial charge in [-0.3, -0.25) is 13.8 Å². The molecule has 0 aromatic heterocycles. The van der Waals surface area contributed by atoms with Crippen LogP contribution in [0.3, 0.4) is 0 Å². The number of carbonyl (C=O) groups excluding carboxylic acids is 1. The van der Waals surface area contributed by atoms with E-state index in [1.54, 1.807) is 12.1 Å². The van der Waals surface area contributed by atoms with Gasteiger partial charge < -0.3 is 34.8 Å². The van der Waals surface area contributed by atoms with Crippen LogP contribution in [0.4, 0.5) is 4.39 Å². The average molecular weight is 461 g/mol. The van der Waals surface area contributed by atoms with Crippen LogP contribution in [0.15, 0.2) is 48.4 Å². The Hall–Kier alpha value is -2.31. The highest BCUT2D eigenvalue weighted by Gasteiger charge is 2.58. The number of carbonyl (C=O) groups is 1. The number of nitrogens with one attached hydrogen (secondary N) is 1. The maximum Gasteiger partial charge on any atom is 0.530 e. The van der Waals surface area contributed by atoms with Crippen molar-refractivity contribution in [3.63, 3.8) is 0 Å². The molecule has 4 N–H and O–H groups in total. The minimum Gasteiger partial charge on any atom is -0.404 e. The summed E-state index contributed by atoms with van der Waals surface area (Å²) in [6, 6.07) is 6.16. The van der Waals surface area contributed by atoms with Crippen LogP contribution in [0.2, 0.25) is 0 Å². The number of hydrogen-bond donors (Lipinski definition) is 4. The molecule has 168 valence electrons. The molecule has 1 fully saturated rings. The number of ether oxygens (including phenoxy) is 1. The van der Waals surface area contributed by atoms with Gasteiger partial charge in [0, 0.05) is 11.8 Å². The van der Waals surface area contributed by atoms with Crippen LogP contribution < -0.4 is 9.84 Å². The molecule has 0 saturated carbocycles. The highest BCUT2D eigenvalue weighted by Crippen LogP contribution is 2.55. The number of fused-ring (bicyclic) bond motifs is 1. The zero-order chi connectivity index (χ0) is 25.1. The molecule has 0 radical (unpaired) electrons. The largest absolute Gasteiger partial charge is 0.530 e. The maximum absolute atomic E-state index is 15.9. The standard InChI is InChI=1S/C18H20FN2O9P/c1-10-20-16(25)12(7-22)6-21(10)17-14(23)15(24)18(19,29-17)9-28-31(26)27-8-11-4-2-3-5-13(11)30-31/h2-6,14-15,17,22-24H,1,7-9H2,(H,20,25)/t14-,15+,17-,18-,31?/m1/s1/i9D2,17D. The van der Waals surface area contributed by atoms with Gasteiger partial charge in [0.15, 0.2) is 6.20 Å². The van der Waals surface area contributed by atoms with Gasteiger partial charge in [-0.25, -0.2) is 8.96 Å². The van der Waals surface area contributed by atoms with Crippen molar-refractivity contribution >= 4 is 13.7 Å². The molecule has 31 heavy (non-hydrogen) atoms. The first-order chi connectivity index (χ1) is 15.8. The molecule has 1 aromatic rings. The summed E-state index contributed by atoms with van der Waals surface area (Å²) < 4.78 is 72.9. The van der Waals surface area contributed by atoms with Crippen molar-refractivity contribution in [1.82, 2.24) is 10.2 Å². The predicted molar refractivity (Wildman–Crippen MR) is 100 cm³/mol. The number of phosphoric ester groups is 1. The van der Waals surface area contributed by atoms with Crippen molar-refractivity contribution in [2.75, 3.05) is 13.2 Å². The Morgan fingerprint density at radius 3 is 2.97 bits per heavy atom. The highest BCUT2D eigenvalue weighted by atomic mass is 31.2. The lowest BCUT2D eigenvalue weighted by molar-refractivity contribution is -0.208. The van der Waals surface area contributed by atoms with Gasteiger partial charge in [-0.15, -0.1) is 0 Å². The van der Waals surface area contributed by atoms with Crippen molar-refractivity contribution in [1.29, 1.82) is 0 Å². The number of alkyl halides is 1. The number of aliphatic hydroxyl groups excluding tert-OH is 3. The second-order valence-corrected chi connectivity index (χ2v) is 8.19. The molecule has 4 rings (SSSR count). The SMILES string of the molecule is [2H]C([2H])(OP1(=O)OCc2ccccc2O1)[C@@]1(F)O[C@@]([2H])(N2C=C(CO)C(=O)NC2=C)[C@H](O)[C@@H]1O. The molecule has 0 aliphatic carbocycles. The summed E-state index contributed by atoms with van der Waals surface area (Å²) >= 11 is 0. The smallest absolute Gasteiger partial charge is 0.404 e. The van der Waals surface area contributed by atoms with E-state index in [-0.39, 0.29) is 17.9 Å². The Kier molecular flexibility index (Phi) is 4.71. The van der Waals surface area contributed by atoms with Crippen LogP contribution in [-0.2, 0) is 29.8 Å². The van der Waals surface area contributed by atoms with E-state index in [1.807, 2.05) is 0 Å². The topological polar surface area (TPSA) is 147 Å². The summed E-state index contributed by atoms with van der Waals surface area (Å²) in [5.41, 5.74) is 0.134. The summed E-state index contributed by atoms with van der Waals surface area (Å²) in [4.78, 5) is 12.4. The van der Waals surface area contributed by atoms with Gasteiger partial charge in [0.05, 0.1) is 22.9 Å². The third-order valence-electron chi connectivity index (χ3n) is 4.58. The first kappa shape index (κ1) is 18.3. The molecule has 5 atom stereocenters. The second kappa shape index (κ2) is 7.99. The first-order valence-electron chi connectivity index (χ1n) is 10.4. The molecule has 0 bridgehead atoms. The Labute approximate surface area is 180 Å². The average Bonchev–Trinajstić information content (AvgIpc) is 2.94. The summed E-state index contributed by atoms with van der Waals surface area (Å²) in [5.74, 6) is -5.16. The Balaban J connectivity index is 1.64. The Morgan fingerprint density at radius 1 is 1.48 bits per heavy atom. The summed E-state index contributed by atoms with van der Waals surface area (Å²) in [5, 5.41) is 32.3.